The number of aliphatic carboxylic acids is 1. The summed E-state index contributed by atoms with van der Waals surface area (Å²) in [6, 6.07) is 0. The first kappa shape index (κ1) is 13.3. The van der Waals surface area contributed by atoms with E-state index in [1.807, 2.05) is 5.38 Å². The molecule has 0 amide bonds. The molecule has 1 aliphatic carbocycles. The van der Waals surface area contributed by atoms with E-state index < -0.39 is 5.97 Å². The molecule has 4 nitrogen and oxygen atoms in total. The lowest BCUT2D eigenvalue weighted by Gasteiger charge is -2.19. The third-order valence-electron chi connectivity index (χ3n) is 3.47. The van der Waals surface area contributed by atoms with Gasteiger partial charge in [0.15, 0.2) is 5.13 Å². The largest absolute Gasteiger partial charge is 0.481 e. The van der Waals surface area contributed by atoms with Crippen LogP contribution in [-0.2, 0) is 11.2 Å². The first-order valence-corrected chi connectivity index (χ1v) is 7.40. The summed E-state index contributed by atoms with van der Waals surface area (Å²) in [6.45, 7) is 1.08. The van der Waals surface area contributed by atoms with E-state index in [0.717, 1.165) is 23.3 Å². The zero-order chi connectivity index (χ0) is 13.0. The molecular weight excluding hydrogens is 248 g/mol. The third-order valence-corrected chi connectivity index (χ3v) is 4.47. The number of aryl methyl sites for hydroxylation is 1. The molecule has 0 unspecified atom stereocenters. The molecule has 1 N–H and O–H groups in total. The second-order valence-corrected chi connectivity index (χ2v) is 5.88. The Morgan fingerprint density at radius 3 is 2.94 bits per heavy atom. The van der Waals surface area contributed by atoms with Crippen LogP contribution in [0.15, 0.2) is 5.38 Å². The van der Waals surface area contributed by atoms with Gasteiger partial charge in [0, 0.05) is 25.4 Å². The first-order chi connectivity index (χ1) is 8.65. The average Bonchev–Trinajstić information content (AvgIpc) is 2.96. The van der Waals surface area contributed by atoms with Crippen molar-refractivity contribution in [2.45, 2.75) is 38.5 Å². The molecule has 1 saturated carbocycles. The number of anilines is 1. The minimum absolute atomic E-state index is 0.162. The van der Waals surface area contributed by atoms with E-state index in [-0.39, 0.29) is 6.42 Å². The number of carboxylic acids is 1. The molecule has 1 aromatic rings. The van der Waals surface area contributed by atoms with Crippen LogP contribution in [0.25, 0.3) is 0 Å². The lowest BCUT2D eigenvalue weighted by Crippen LogP contribution is -2.23. The van der Waals surface area contributed by atoms with Crippen molar-refractivity contribution in [1.29, 1.82) is 0 Å². The summed E-state index contributed by atoms with van der Waals surface area (Å²) in [5.74, 6) is 0.0465. The van der Waals surface area contributed by atoms with Crippen LogP contribution >= 0.6 is 11.3 Å². The van der Waals surface area contributed by atoms with Gasteiger partial charge in [-0.2, -0.15) is 0 Å². The molecule has 1 heterocycles. The van der Waals surface area contributed by atoms with Gasteiger partial charge in [0.05, 0.1) is 12.1 Å². The summed E-state index contributed by atoms with van der Waals surface area (Å²) in [7, 11) is 2.08. The minimum Gasteiger partial charge on any atom is -0.481 e. The Kier molecular flexibility index (Phi) is 4.58. The smallest absolute Gasteiger partial charge is 0.303 e. The highest BCUT2D eigenvalue weighted by molar-refractivity contribution is 7.13. The molecule has 0 radical (unpaired) electrons. The van der Waals surface area contributed by atoms with Crippen molar-refractivity contribution in [3.8, 4) is 0 Å². The molecule has 1 fully saturated rings. The Hall–Kier alpha value is -1.10. The fraction of sp³-hybridized carbons (Fsp3) is 0.692. The SMILES string of the molecule is CN(CC1CCCC1)c1nc(CCC(=O)O)cs1. The summed E-state index contributed by atoms with van der Waals surface area (Å²) in [5, 5.41) is 11.6. The molecule has 0 aromatic carbocycles. The van der Waals surface area contributed by atoms with Crippen molar-refractivity contribution in [1.82, 2.24) is 4.98 Å². The van der Waals surface area contributed by atoms with E-state index in [2.05, 4.69) is 16.9 Å². The van der Waals surface area contributed by atoms with Gasteiger partial charge >= 0.3 is 5.97 Å². The molecule has 18 heavy (non-hydrogen) atoms. The van der Waals surface area contributed by atoms with Crippen molar-refractivity contribution in [2.24, 2.45) is 5.92 Å². The molecule has 0 spiro atoms. The maximum absolute atomic E-state index is 10.5. The summed E-state index contributed by atoms with van der Waals surface area (Å²) >= 11 is 1.61. The zero-order valence-electron chi connectivity index (χ0n) is 10.8. The van der Waals surface area contributed by atoms with E-state index in [0.29, 0.717) is 6.42 Å². The van der Waals surface area contributed by atoms with Gasteiger partial charge in [-0.25, -0.2) is 4.98 Å². The molecule has 0 saturated heterocycles. The van der Waals surface area contributed by atoms with Crippen LogP contribution in [0.5, 0.6) is 0 Å². The van der Waals surface area contributed by atoms with Gasteiger partial charge in [0.1, 0.15) is 0 Å². The first-order valence-electron chi connectivity index (χ1n) is 6.52. The second-order valence-electron chi connectivity index (χ2n) is 5.05. The van der Waals surface area contributed by atoms with Gasteiger partial charge in [0.25, 0.3) is 0 Å². The quantitative estimate of drug-likeness (QED) is 0.862. The van der Waals surface area contributed by atoms with Crippen LogP contribution < -0.4 is 4.90 Å². The topological polar surface area (TPSA) is 53.4 Å². The normalized spacial score (nSPS) is 16.1. The Labute approximate surface area is 112 Å². The number of thiazole rings is 1. The van der Waals surface area contributed by atoms with Gasteiger partial charge in [-0.15, -0.1) is 11.3 Å². The number of hydrogen-bond acceptors (Lipinski definition) is 4. The molecule has 0 atom stereocenters. The summed E-state index contributed by atoms with van der Waals surface area (Å²) in [5.41, 5.74) is 0.899. The Balaban J connectivity index is 1.85. The van der Waals surface area contributed by atoms with Gasteiger partial charge in [-0.1, -0.05) is 12.8 Å². The predicted molar refractivity (Wildman–Crippen MR) is 73.3 cm³/mol. The monoisotopic (exact) mass is 268 g/mol. The maximum atomic E-state index is 10.5. The Morgan fingerprint density at radius 2 is 2.28 bits per heavy atom. The van der Waals surface area contributed by atoms with Crippen LogP contribution in [0.3, 0.4) is 0 Å². The van der Waals surface area contributed by atoms with Crippen molar-refractivity contribution in [3.63, 3.8) is 0 Å². The van der Waals surface area contributed by atoms with E-state index >= 15 is 0 Å². The average molecular weight is 268 g/mol. The molecule has 0 aliphatic heterocycles. The van der Waals surface area contributed by atoms with E-state index in [4.69, 9.17) is 5.11 Å². The van der Waals surface area contributed by atoms with Crippen molar-refractivity contribution in [2.75, 3.05) is 18.5 Å². The van der Waals surface area contributed by atoms with Crippen LogP contribution in [0.4, 0.5) is 5.13 Å². The van der Waals surface area contributed by atoms with Crippen LogP contribution in [0, 0.1) is 5.92 Å². The van der Waals surface area contributed by atoms with Gasteiger partial charge in [-0.05, 0) is 18.8 Å². The number of carbonyl (C=O) groups is 1. The summed E-state index contributed by atoms with van der Waals surface area (Å²) in [6.07, 6.45) is 6.09. The fourth-order valence-electron chi connectivity index (χ4n) is 2.48. The summed E-state index contributed by atoms with van der Waals surface area (Å²) < 4.78 is 0. The number of carboxylic acid groups (broad SMARTS) is 1. The highest BCUT2D eigenvalue weighted by Crippen LogP contribution is 2.28. The van der Waals surface area contributed by atoms with Gasteiger partial charge < -0.3 is 10.0 Å². The van der Waals surface area contributed by atoms with E-state index in [9.17, 15) is 4.79 Å². The summed E-state index contributed by atoms with van der Waals surface area (Å²) in [4.78, 5) is 17.2. The van der Waals surface area contributed by atoms with E-state index in [1.165, 1.54) is 25.7 Å². The van der Waals surface area contributed by atoms with E-state index in [1.54, 1.807) is 11.3 Å². The highest BCUT2D eigenvalue weighted by Gasteiger charge is 2.18. The van der Waals surface area contributed by atoms with Crippen molar-refractivity contribution < 1.29 is 9.90 Å². The predicted octanol–water partition coefficient (Wildman–Crippen LogP) is 2.79. The Morgan fingerprint density at radius 1 is 1.56 bits per heavy atom. The molecule has 1 aliphatic rings. The highest BCUT2D eigenvalue weighted by atomic mass is 32.1. The molecule has 1 aromatic heterocycles. The molecule has 2 rings (SSSR count). The maximum Gasteiger partial charge on any atom is 0.303 e. The lowest BCUT2D eigenvalue weighted by atomic mass is 10.1. The zero-order valence-corrected chi connectivity index (χ0v) is 11.6. The molecular formula is C13H20N2O2S. The molecule has 5 heteroatoms. The third kappa shape index (κ3) is 3.70. The van der Waals surface area contributed by atoms with Crippen LogP contribution in [0.2, 0.25) is 0 Å². The van der Waals surface area contributed by atoms with Crippen molar-refractivity contribution in [3.05, 3.63) is 11.1 Å². The fourth-order valence-corrected chi connectivity index (χ4v) is 3.32. The van der Waals surface area contributed by atoms with Crippen LogP contribution in [0.1, 0.15) is 37.8 Å². The molecule has 100 valence electrons. The van der Waals surface area contributed by atoms with Gasteiger partial charge in [-0.3, -0.25) is 4.79 Å². The molecule has 0 bridgehead atoms. The standard InChI is InChI=1S/C13H20N2O2S/c1-15(8-10-4-2-3-5-10)13-14-11(9-18-13)6-7-12(16)17/h9-10H,2-8H2,1H3,(H,16,17). The lowest BCUT2D eigenvalue weighted by molar-refractivity contribution is -0.136. The van der Waals surface area contributed by atoms with Crippen molar-refractivity contribution >= 4 is 22.4 Å². The number of aromatic nitrogens is 1. The Bertz CT molecular complexity index is 399. The minimum atomic E-state index is -0.760. The number of nitrogens with zero attached hydrogens (tertiary/aromatic N) is 2. The number of rotatable bonds is 6. The van der Waals surface area contributed by atoms with Crippen LogP contribution in [-0.4, -0.2) is 29.7 Å². The second kappa shape index (κ2) is 6.18. The van der Waals surface area contributed by atoms with Gasteiger partial charge in [0.2, 0.25) is 0 Å². The number of hydrogen-bond donors (Lipinski definition) is 1.